The van der Waals surface area contributed by atoms with Gasteiger partial charge in [0, 0.05) is 11.3 Å². The van der Waals surface area contributed by atoms with Gasteiger partial charge in [-0.2, -0.15) is 5.10 Å². The van der Waals surface area contributed by atoms with Crippen LogP contribution >= 0.6 is 23.8 Å². The lowest BCUT2D eigenvalue weighted by Crippen LogP contribution is -1.98. The molecular weight excluding hydrogens is 290 g/mol. The molecule has 1 aromatic heterocycles. The largest absolute Gasteiger partial charge is 0.268 e. The number of benzene rings is 2. The fourth-order valence-electron chi connectivity index (χ4n) is 2.11. The van der Waals surface area contributed by atoms with E-state index in [1.54, 1.807) is 0 Å². The summed E-state index contributed by atoms with van der Waals surface area (Å²) in [6.07, 6.45) is 0. The van der Waals surface area contributed by atoms with Gasteiger partial charge in [-0.25, -0.2) is 0 Å². The zero-order valence-corrected chi connectivity index (χ0v) is 12.4. The van der Waals surface area contributed by atoms with E-state index in [2.05, 4.69) is 10.2 Å². The fraction of sp³-hybridized carbons (Fsp3) is 0.0667. The van der Waals surface area contributed by atoms with Crippen LogP contribution in [0.4, 0.5) is 0 Å². The molecule has 0 atom stereocenters. The minimum absolute atomic E-state index is 0.545. The molecule has 3 rings (SSSR count). The van der Waals surface area contributed by atoms with Crippen molar-refractivity contribution >= 4 is 23.8 Å². The summed E-state index contributed by atoms with van der Waals surface area (Å²) in [5, 5.41) is 7.86. The number of nitrogens with zero attached hydrogens (tertiary/aromatic N) is 2. The first kappa shape index (κ1) is 13.1. The fourth-order valence-corrected chi connectivity index (χ4v) is 2.56. The van der Waals surface area contributed by atoms with Crippen LogP contribution < -0.4 is 0 Å². The molecule has 0 radical (unpaired) electrons. The molecule has 0 fully saturated rings. The molecule has 0 aliphatic heterocycles. The minimum atomic E-state index is 0.545. The lowest BCUT2D eigenvalue weighted by molar-refractivity contribution is 1.04. The van der Waals surface area contributed by atoms with Gasteiger partial charge in [0.2, 0.25) is 0 Å². The number of para-hydroxylation sites is 1. The highest BCUT2D eigenvalue weighted by Crippen LogP contribution is 2.30. The third-order valence-electron chi connectivity index (χ3n) is 3.12. The van der Waals surface area contributed by atoms with Crippen molar-refractivity contribution < 1.29 is 0 Å². The van der Waals surface area contributed by atoms with Gasteiger partial charge in [0.05, 0.1) is 5.02 Å². The first-order chi connectivity index (χ1) is 9.68. The van der Waals surface area contributed by atoms with E-state index in [9.17, 15) is 0 Å². The van der Waals surface area contributed by atoms with Gasteiger partial charge in [-0.05, 0) is 42.9 Å². The second kappa shape index (κ2) is 5.23. The summed E-state index contributed by atoms with van der Waals surface area (Å²) in [5.74, 6) is 0.718. The number of aromatic nitrogens is 3. The van der Waals surface area contributed by atoms with E-state index in [-0.39, 0.29) is 0 Å². The van der Waals surface area contributed by atoms with Gasteiger partial charge in [0.1, 0.15) is 0 Å². The van der Waals surface area contributed by atoms with Gasteiger partial charge in [0.15, 0.2) is 10.6 Å². The predicted molar refractivity (Wildman–Crippen MR) is 83.9 cm³/mol. The number of hydrogen-bond donors (Lipinski definition) is 1. The highest BCUT2D eigenvalue weighted by molar-refractivity contribution is 7.71. The molecule has 3 aromatic rings. The predicted octanol–water partition coefficient (Wildman–Crippen LogP) is 4.56. The molecule has 1 N–H and O–H groups in total. The van der Waals surface area contributed by atoms with Crippen molar-refractivity contribution in [3.8, 4) is 17.1 Å². The SMILES string of the molecule is Cc1cccc(-c2n[nH]c(=S)n2-c2ccccc2)c1Cl. The van der Waals surface area contributed by atoms with Crippen molar-refractivity contribution in [2.45, 2.75) is 6.92 Å². The van der Waals surface area contributed by atoms with Gasteiger partial charge >= 0.3 is 0 Å². The number of H-pyrrole nitrogens is 1. The van der Waals surface area contributed by atoms with Crippen LogP contribution in [0.5, 0.6) is 0 Å². The molecule has 20 heavy (non-hydrogen) atoms. The summed E-state index contributed by atoms with van der Waals surface area (Å²) in [6, 6.07) is 15.7. The number of aromatic amines is 1. The van der Waals surface area contributed by atoms with E-state index in [1.807, 2.05) is 60.0 Å². The van der Waals surface area contributed by atoms with Crippen LogP contribution in [0.25, 0.3) is 17.1 Å². The average Bonchev–Trinajstić information content (AvgIpc) is 2.84. The van der Waals surface area contributed by atoms with Gasteiger partial charge in [-0.3, -0.25) is 9.67 Å². The van der Waals surface area contributed by atoms with Crippen LogP contribution in [0.3, 0.4) is 0 Å². The number of nitrogens with one attached hydrogen (secondary N) is 1. The maximum absolute atomic E-state index is 6.40. The van der Waals surface area contributed by atoms with Crippen molar-refractivity contribution in [1.82, 2.24) is 14.8 Å². The van der Waals surface area contributed by atoms with E-state index in [1.165, 1.54) is 0 Å². The molecule has 1 heterocycles. The van der Waals surface area contributed by atoms with Crippen LogP contribution in [0.15, 0.2) is 48.5 Å². The van der Waals surface area contributed by atoms with Crippen molar-refractivity contribution in [1.29, 1.82) is 0 Å². The maximum Gasteiger partial charge on any atom is 0.200 e. The summed E-state index contributed by atoms with van der Waals surface area (Å²) >= 11 is 11.7. The van der Waals surface area contributed by atoms with Crippen molar-refractivity contribution in [2.75, 3.05) is 0 Å². The normalized spacial score (nSPS) is 10.7. The Morgan fingerprint density at radius 3 is 2.60 bits per heavy atom. The van der Waals surface area contributed by atoms with E-state index < -0.39 is 0 Å². The highest BCUT2D eigenvalue weighted by atomic mass is 35.5. The molecule has 5 heteroatoms. The lowest BCUT2D eigenvalue weighted by atomic mass is 10.1. The summed E-state index contributed by atoms with van der Waals surface area (Å²) in [7, 11) is 0. The molecule has 0 unspecified atom stereocenters. The Morgan fingerprint density at radius 1 is 1.10 bits per heavy atom. The Hall–Kier alpha value is -1.91. The first-order valence-corrected chi connectivity index (χ1v) is 6.95. The molecule has 2 aromatic carbocycles. The van der Waals surface area contributed by atoms with Gasteiger partial charge in [-0.1, -0.05) is 41.9 Å². The Labute approximate surface area is 126 Å². The molecule has 0 bridgehead atoms. The van der Waals surface area contributed by atoms with Gasteiger partial charge in [-0.15, -0.1) is 0 Å². The van der Waals surface area contributed by atoms with E-state index in [0.717, 1.165) is 22.6 Å². The van der Waals surface area contributed by atoms with E-state index >= 15 is 0 Å². The van der Waals surface area contributed by atoms with Crippen molar-refractivity contribution in [2.24, 2.45) is 0 Å². The maximum atomic E-state index is 6.40. The van der Waals surface area contributed by atoms with Crippen LogP contribution in [0.2, 0.25) is 5.02 Å². The Morgan fingerprint density at radius 2 is 1.85 bits per heavy atom. The topological polar surface area (TPSA) is 33.6 Å². The van der Waals surface area contributed by atoms with Gasteiger partial charge < -0.3 is 0 Å². The van der Waals surface area contributed by atoms with Crippen LogP contribution in [-0.2, 0) is 0 Å². The second-order valence-corrected chi connectivity index (χ2v) is 5.22. The molecule has 0 aliphatic carbocycles. The molecular formula is C15H12ClN3S. The average molecular weight is 302 g/mol. The Kier molecular flexibility index (Phi) is 3.42. The summed E-state index contributed by atoms with van der Waals surface area (Å²) in [5.41, 5.74) is 2.83. The molecule has 0 amide bonds. The third kappa shape index (κ3) is 2.17. The zero-order valence-electron chi connectivity index (χ0n) is 10.8. The van der Waals surface area contributed by atoms with Crippen molar-refractivity contribution in [3.63, 3.8) is 0 Å². The standard InChI is InChI=1S/C15H12ClN3S/c1-10-6-5-9-12(13(10)16)14-17-18-15(20)19(14)11-7-3-2-4-8-11/h2-9H,1H3,(H,18,20). The molecule has 0 aliphatic rings. The van der Waals surface area contributed by atoms with Crippen LogP contribution in [-0.4, -0.2) is 14.8 Å². The van der Waals surface area contributed by atoms with Crippen LogP contribution in [0.1, 0.15) is 5.56 Å². The number of aryl methyl sites for hydroxylation is 1. The summed E-state index contributed by atoms with van der Waals surface area (Å²) in [6.45, 7) is 1.97. The zero-order chi connectivity index (χ0) is 14.1. The molecule has 100 valence electrons. The Balaban J connectivity index is 2.27. The van der Waals surface area contributed by atoms with E-state index in [0.29, 0.717) is 9.79 Å². The first-order valence-electron chi connectivity index (χ1n) is 6.17. The smallest absolute Gasteiger partial charge is 0.200 e. The summed E-state index contributed by atoms with van der Waals surface area (Å²) in [4.78, 5) is 0. The quantitative estimate of drug-likeness (QED) is 0.704. The minimum Gasteiger partial charge on any atom is -0.268 e. The third-order valence-corrected chi connectivity index (χ3v) is 3.89. The molecule has 3 nitrogen and oxygen atoms in total. The van der Waals surface area contributed by atoms with Crippen LogP contribution in [0, 0.1) is 11.7 Å². The van der Waals surface area contributed by atoms with Gasteiger partial charge in [0.25, 0.3) is 0 Å². The highest BCUT2D eigenvalue weighted by Gasteiger charge is 2.14. The monoisotopic (exact) mass is 301 g/mol. The molecule has 0 saturated heterocycles. The number of halogens is 1. The number of rotatable bonds is 2. The molecule has 0 spiro atoms. The number of hydrogen-bond acceptors (Lipinski definition) is 2. The van der Waals surface area contributed by atoms with Crippen molar-refractivity contribution in [3.05, 3.63) is 63.9 Å². The summed E-state index contributed by atoms with van der Waals surface area (Å²) < 4.78 is 2.43. The Bertz CT molecular complexity index is 805. The van der Waals surface area contributed by atoms with E-state index in [4.69, 9.17) is 23.8 Å². The second-order valence-electron chi connectivity index (χ2n) is 4.46. The molecule has 0 saturated carbocycles. The lowest BCUT2D eigenvalue weighted by Gasteiger charge is -2.09.